The molecule has 6 rings (SSSR count). The van der Waals surface area contributed by atoms with Crippen LogP contribution in [0.2, 0.25) is 0 Å². The van der Waals surface area contributed by atoms with Crippen LogP contribution in [0.4, 0.5) is 0 Å². The maximum atomic E-state index is 4.59. The summed E-state index contributed by atoms with van der Waals surface area (Å²) in [7, 11) is 1.92. The van der Waals surface area contributed by atoms with Crippen LogP contribution >= 0.6 is 0 Å². The Morgan fingerprint density at radius 1 is 0.867 bits per heavy atom. The van der Waals surface area contributed by atoms with E-state index in [1.807, 2.05) is 43.8 Å². The van der Waals surface area contributed by atoms with Crippen LogP contribution in [0.5, 0.6) is 0 Å². The Morgan fingerprint density at radius 2 is 1.77 bits per heavy atom. The van der Waals surface area contributed by atoms with Crippen molar-refractivity contribution >= 4 is 21.9 Å². The topological polar surface area (TPSA) is 88.1 Å². The molecule has 5 heterocycles. The van der Waals surface area contributed by atoms with Gasteiger partial charge in [0.15, 0.2) is 0 Å². The van der Waals surface area contributed by atoms with Crippen LogP contribution in [-0.2, 0) is 7.05 Å². The van der Waals surface area contributed by atoms with Crippen LogP contribution < -0.4 is 0 Å². The number of nitrogens with one attached hydrogen (secondary N) is 2. The predicted octanol–water partition coefficient (Wildman–Crippen LogP) is 4.57. The average Bonchev–Trinajstić information content (AvgIpc) is 3.50. The summed E-state index contributed by atoms with van der Waals surface area (Å²) in [4.78, 5) is 12.1. The van der Waals surface area contributed by atoms with E-state index in [-0.39, 0.29) is 0 Å². The third kappa shape index (κ3) is 2.60. The number of pyridine rings is 2. The molecule has 0 atom stereocenters. The Morgan fingerprint density at radius 3 is 2.60 bits per heavy atom. The number of H-pyrrole nitrogens is 2. The fourth-order valence-electron chi connectivity index (χ4n) is 3.91. The summed E-state index contributed by atoms with van der Waals surface area (Å²) >= 11 is 0. The fourth-order valence-corrected chi connectivity index (χ4v) is 3.91. The van der Waals surface area contributed by atoms with Crippen molar-refractivity contribution in [2.24, 2.45) is 7.05 Å². The normalized spacial score (nSPS) is 11.5. The van der Waals surface area contributed by atoms with E-state index in [1.54, 1.807) is 17.1 Å². The van der Waals surface area contributed by atoms with E-state index >= 15 is 0 Å². The Hall–Kier alpha value is -4.26. The second-order valence-corrected chi connectivity index (χ2v) is 7.27. The largest absolute Gasteiger partial charge is 0.338 e. The number of aromatic nitrogens is 7. The van der Waals surface area contributed by atoms with Gasteiger partial charge in [0.2, 0.25) is 0 Å². The van der Waals surface area contributed by atoms with E-state index in [1.165, 1.54) is 0 Å². The van der Waals surface area contributed by atoms with Crippen molar-refractivity contribution in [2.45, 2.75) is 0 Å². The van der Waals surface area contributed by atoms with Crippen LogP contribution in [0.15, 0.2) is 73.4 Å². The minimum atomic E-state index is 0.832. The number of aryl methyl sites for hydroxylation is 1. The summed E-state index contributed by atoms with van der Waals surface area (Å²) in [6.45, 7) is 0. The van der Waals surface area contributed by atoms with Crippen molar-refractivity contribution in [3.63, 3.8) is 0 Å². The smallest absolute Gasteiger partial charge is 0.138 e. The van der Waals surface area contributed by atoms with Crippen LogP contribution in [-0.4, -0.2) is 34.9 Å². The minimum absolute atomic E-state index is 0.832. The molecule has 0 aliphatic carbocycles. The van der Waals surface area contributed by atoms with Gasteiger partial charge in [-0.15, -0.1) is 0 Å². The van der Waals surface area contributed by atoms with Crippen molar-refractivity contribution in [1.82, 2.24) is 34.9 Å². The van der Waals surface area contributed by atoms with Gasteiger partial charge >= 0.3 is 0 Å². The van der Waals surface area contributed by atoms with Gasteiger partial charge in [0.05, 0.1) is 17.4 Å². The van der Waals surface area contributed by atoms with Crippen molar-refractivity contribution < 1.29 is 0 Å². The molecule has 0 bridgehead atoms. The average molecular weight is 391 g/mol. The van der Waals surface area contributed by atoms with Crippen molar-refractivity contribution in [1.29, 1.82) is 0 Å². The fraction of sp³-hybridized carbons (Fsp3) is 0.0435. The van der Waals surface area contributed by atoms with Gasteiger partial charge in [-0.2, -0.15) is 10.2 Å². The molecule has 0 amide bonds. The molecule has 0 saturated carbocycles. The van der Waals surface area contributed by atoms with Crippen LogP contribution in [0.3, 0.4) is 0 Å². The van der Waals surface area contributed by atoms with Crippen molar-refractivity contribution in [2.75, 3.05) is 0 Å². The van der Waals surface area contributed by atoms with Crippen molar-refractivity contribution in [3.8, 4) is 33.6 Å². The van der Waals surface area contributed by atoms with E-state index in [9.17, 15) is 0 Å². The molecule has 0 unspecified atom stereocenters. The SMILES string of the molecule is Cn1cc(-c2ccc3[nH]nc(-c4cc5c(-c6ccncc6)ccnc5[nH]4)c3c2)cn1. The zero-order valence-electron chi connectivity index (χ0n) is 16.2. The van der Waals surface area contributed by atoms with Gasteiger partial charge in [-0.3, -0.25) is 14.8 Å². The number of rotatable bonds is 3. The molecule has 7 heteroatoms. The molecule has 144 valence electrons. The van der Waals surface area contributed by atoms with Gasteiger partial charge in [-0.1, -0.05) is 6.07 Å². The van der Waals surface area contributed by atoms with Crippen molar-refractivity contribution in [3.05, 3.63) is 73.4 Å². The summed E-state index contributed by atoms with van der Waals surface area (Å²) in [5, 5.41) is 14.1. The molecular weight excluding hydrogens is 374 g/mol. The molecule has 0 spiro atoms. The molecule has 6 aromatic rings. The highest BCUT2D eigenvalue weighted by molar-refractivity contribution is 6.00. The summed E-state index contributed by atoms with van der Waals surface area (Å²) in [5.41, 5.74) is 8.00. The number of nitrogens with zero attached hydrogens (tertiary/aromatic N) is 5. The van der Waals surface area contributed by atoms with E-state index in [0.717, 1.165) is 55.6 Å². The van der Waals surface area contributed by atoms with E-state index in [4.69, 9.17) is 0 Å². The van der Waals surface area contributed by atoms with Gasteiger partial charge in [-0.05, 0) is 53.1 Å². The third-order valence-electron chi connectivity index (χ3n) is 5.38. The molecule has 1 aromatic carbocycles. The highest BCUT2D eigenvalue weighted by Gasteiger charge is 2.15. The zero-order valence-corrected chi connectivity index (χ0v) is 16.2. The number of hydrogen-bond donors (Lipinski definition) is 2. The maximum absolute atomic E-state index is 4.59. The number of hydrogen-bond acceptors (Lipinski definition) is 4. The maximum Gasteiger partial charge on any atom is 0.138 e. The van der Waals surface area contributed by atoms with Crippen LogP contribution in [0.1, 0.15) is 0 Å². The van der Waals surface area contributed by atoms with Gasteiger partial charge in [0.1, 0.15) is 11.3 Å². The molecule has 7 nitrogen and oxygen atoms in total. The molecular formula is C23H17N7. The van der Waals surface area contributed by atoms with Gasteiger partial charge in [-0.25, -0.2) is 4.98 Å². The standard InChI is InChI=1S/C23H17N7/c1-30-13-16(12-26-30)15-2-3-20-19(10-15)22(29-28-20)21-11-18-17(6-9-25-23(18)27-21)14-4-7-24-8-5-14/h2-13H,1H3,(H,25,27)(H,28,29). The molecule has 0 aliphatic heterocycles. The first-order chi connectivity index (χ1) is 14.8. The van der Waals surface area contributed by atoms with Gasteiger partial charge in [0.25, 0.3) is 0 Å². The number of aromatic amines is 2. The highest BCUT2D eigenvalue weighted by atomic mass is 15.2. The molecule has 0 saturated heterocycles. The van der Waals surface area contributed by atoms with E-state index in [2.05, 4.69) is 54.5 Å². The second kappa shape index (κ2) is 6.38. The summed E-state index contributed by atoms with van der Waals surface area (Å²) < 4.78 is 1.81. The molecule has 5 aromatic heterocycles. The predicted molar refractivity (Wildman–Crippen MR) is 117 cm³/mol. The zero-order chi connectivity index (χ0) is 20.1. The summed E-state index contributed by atoms with van der Waals surface area (Å²) in [5.74, 6) is 0. The number of benzene rings is 1. The van der Waals surface area contributed by atoms with Gasteiger partial charge in [0, 0.05) is 48.2 Å². The molecule has 0 fully saturated rings. The minimum Gasteiger partial charge on any atom is -0.338 e. The summed E-state index contributed by atoms with van der Waals surface area (Å²) in [6.07, 6.45) is 9.30. The van der Waals surface area contributed by atoms with E-state index in [0.29, 0.717) is 0 Å². The monoisotopic (exact) mass is 391 g/mol. The lowest BCUT2D eigenvalue weighted by atomic mass is 10.0. The lowest BCUT2D eigenvalue weighted by molar-refractivity contribution is 0.768. The molecule has 0 aliphatic rings. The van der Waals surface area contributed by atoms with E-state index < -0.39 is 0 Å². The number of fused-ring (bicyclic) bond motifs is 2. The third-order valence-corrected chi connectivity index (χ3v) is 5.38. The first-order valence-electron chi connectivity index (χ1n) is 9.62. The quantitative estimate of drug-likeness (QED) is 0.463. The Balaban J connectivity index is 1.52. The Kier molecular flexibility index (Phi) is 3.55. The molecule has 0 radical (unpaired) electrons. The first kappa shape index (κ1) is 16.7. The second-order valence-electron chi connectivity index (χ2n) is 7.27. The first-order valence-corrected chi connectivity index (χ1v) is 9.62. The Labute approximate surface area is 171 Å². The van der Waals surface area contributed by atoms with Crippen LogP contribution in [0, 0.1) is 0 Å². The van der Waals surface area contributed by atoms with Gasteiger partial charge < -0.3 is 4.98 Å². The highest BCUT2D eigenvalue weighted by Crippen LogP contribution is 2.34. The Bertz CT molecular complexity index is 1510. The lowest BCUT2D eigenvalue weighted by Gasteiger charge is -2.01. The summed E-state index contributed by atoms with van der Waals surface area (Å²) in [6, 6.07) is 14.4. The van der Waals surface area contributed by atoms with Crippen LogP contribution in [0.25, 0.3) is 55.6 Å². The lowest BCUT2D eigenvalue weighted by Crippen LogP contribution is -1.84. The molecule has 2 N–H and O–H groups in total. The molecule has 30 heavy (non-hydrogen) atoms.